The molecule has 2 N–H and O–H groups in total. The van der Waals surface area contributed by atoms with Crippen molar-refractivity contribution in [3.63, 3.8) is 0 Å². The number of nitro groups is 1. The van der Waals surface area contributed by atoms with Crippen molar-refractivity contribution in [3.05, 3.63) is 92.9 Å². The van der Waals surface area contributed by atoms with Crippen molar-refractivity contribution in [3.8, 4) is 6.07 Å². The largest absolute Gasteiger partial charge is 0.384 e. The number of ketones is 1. The molecule has 1 aliphatic heterocycles. The van der Waals surface area contributed by atoms with E-state index in [4.69, 9.17) is 5.73 Å². The minimum absolute atomic E-state index is 0.0317. The van der Waals surface area contributed by atoms with Gasteiger partial charge in [0, 0.05) is 29.8 Å². The second kappa shape index (κ2) is 7.40. The average Bonchev–Trinajstić information content (AvgIpc) is 2.72. The van der Waals surface area contributed by atoms with Gasteiger partial charge in [-0.3, -0.25) is 19.8 Å². The number of benzene rings is 2. The zero-order valence-electron chi connectivity index (χ0n) is 17.3. The Morgan fingerprint density at radius 2 is 1.87 bits per heavy atom. The number of hydrogen-bond donors (Lipinski definition) is 1. The molecule has 2 aromatic rings. The molecular weight excluding hydrogens is 392 g/mol. The molecule has 4 rings (SSSR count). The summed E-state index contributed by atoms with van der Waals surface area (Å²) in [7, 11) is 0. The van der Waals surface area contributed by atoms with Gasteiger partial charge in [-0.2, -0.15) is 5.26 Å². The summed E-state index contributed by atoms with van der Waals surface area (Å²) in [5.41, 5.74) is 8.93. The molecule has 1 unspecified atom stereocenters. The highest BCUT2D eigenvalue weighted by Crippen LogP contribution is 2.50. The zero-order chi connectivity index (χ0) is 22.3. The summed E-state index contributed by atoms with van der Waals surface area (Å²) in [6.07, 6.45) is 0.913. The molecule has 0 bridgehead atoms. The number of rotatable bonds is 3. The number of allylic oxidation sites excluding steroid dienone is 3. The first-order chi connectivity index (χ1) is 14.7. The number of non-ortho nitro benzene ring substituents is 1. The quantitative estimate of drug-likeness (QED) is 0.583. The molecule has 0 radical (unpaired) electrons. The molecular formula is C24H22N4O3. The number of hydrogen-bond acceptors (Lipinski definition) is 6. The number of nitriles is 1. The maximum Gasteiger partial charge on any atom is 0.271 e. The summed E-state index contributed by atoms with van der Waals surface area (Å²) < 4.78 is 0. The van der Waals surface area contributed by atoms with Gasteiger partial charge in [-0.1, -0.05) is 50.2 Å². The molecule has 1 atom stereocenters. The van der Waals surface area contributed by atoms with Crippen LogP contribution in [0.4, 0.5) is 11.4 Å². The second-order valence-corrected chi connectivity index (χ2v) is 8.67. The minimum atomic E-state index is -0.556. The van der Waals surface area contributed by atoms with E-state index in [0.717, 1.165) is 5.56 Å². The third-order valence-electron chi connectivity index (χ3n) is 5.81. The summed E-state index contributed by atoms with van der Waals surface area (Å²) in [4.78, 5) is 25.9. The standard InChI is InChI=1S/C24H22N4O3/c1-24(2)12-19-22(20(29)13-24)21(15-7-4-3-5-8-15)18(14-25)23(26)27(19)16-9-6-10-17(11-16)28(30)31/h3-11,21H,12-13,26H2,1-2H3. The first-order valence-corrected chi connectivity index (χ1v) is 9.99. The fourth-order valence-electron chi connectivity index (χ4n) is 4.53. The van der Waals surface area contributed by atoms with Crippen LogP contribution in [0.15, 0.2) is 77.3 Å². The molecule has 0 spiro atoms. The Labute approximate surface area is 180 Å². The van der Waals surface area contributed by atoms with Crippen molar-refractivity contribution in [1.29, 1.82) is 5.26 Å². The van der Waals surface area contributed by atoms with Gasteiger partial charge in [0.2, 0.25) is 0 Å². The lowest BCUT2D eigenvalue weighted by Crippen LogP contribution is -2.42. The van der Waals surface area contributed by atoms with Crippen LogP contribution >= 0.6 is 0 Å². The number of nitrogens with zero attached hydrogens (tertiary/aromatic N) is 3. The molecule has 7 nitrogen and oxygen atoms in total. The van der Waals surface area contributed by atoms with Crippen LogP contribution in [0, 0.1) is 26.9 Å². The van der Waals surface area contributed by atoms with Crippen LogP contribution in [0.2, 0.25) is 0 Å². The lowest BCUT2D eigenvalue weighted by molar-refractivity contribution is -0.384. The fraction of sp³-hybridized carbons (Fsp3) is 0.250. The molecule has 2 aromatic carbocycles. The SMILES string of the molecule is CC1(C)CC(=O)C2=C(C1)N(c1cccc([N+](=O)[O-])c1)C(N)=C(C#N)C2c1ccccc1. The molecule has 156 valence electrons. The molecule has 1 aliphatic carbocycles. The van der Waals surface area contributed by atoms with Gasteiger partial charge in [-0.25, -0.2) is 0 Å². The van der Waals surface area contributed by atoms with Gasteiger partial charge in [0.1, 0.15) is 5.82 Å². The van der Waals surface area contributed by atoms with E-state index in [0.29, 0.717) is 29.8 Å². The third-order valence-corrected chi connectivity index (χ3v) is 5.81. The Kier molecular flexibility index (Phi) is 4.86. The van der Waals surface area contributed by atoms with Gasteiger partial charge in [-0.15, -0.1) is 0 Å². The van der Waals surface area contributed by atoms with Gasteiger partial charge in [-0.05, 0) is 23.5 Å². The van der Waals surface area contributed by atoms with Gasteiger partial charge in [0.15, 0.2) is 5.78 Å². The van der Waals surface area contributed by atoms with Crippen LogP contribution in [-0.2, 0) is 4.79 Å². The lowest BCUT2D eigenvalue weighted by atomic mass is 9.68. The lowest BCUT2D eigenvalue weighted by Gasteiger charge is -2.43. The molecule has 0 saturated heterocycles. The Morgan fingerprint density at radius 1 is 1.16 bits per heavy atom. The fourth-order valence-corrected chi connectivity index (χ4v) is 4.53. The van der Waals surface area contributed by atoms with Crippen LogP contribution < -0.4 is 10.6 Å². The Balaban J connectivity index is 2.00. The number of Topliss-reactive ketones (excluding diaryl/α,β-unsaturated/α-hetero) is 1. The van der Waals surface area contributed by atoms with Crippen molar-refractivity contribution >= 4 is 17.2 Å². The van der Waals surface area contributed by atoms with Crippen LogP contribution in [0.3, 0.4) is 0 Å². The smallest absolute Gasteiger partial charge is 0.271 e. The predicted molar refractivity (Wildman–Crippen MR) is 117 cm³/mol. The van der Waals surface area contributed by atoms with E-state index in [1.807, 2.05) is 44.2 Å². The van der Waals surface area contributed by atoms with E-state index in [-0.39, 0.29) is 28.3 Å². The van der Waals surface area contributed by atoms with E-state index < -0.39 is 10.8 Å². The Bertz CT molecular complexity index is 1190. The van der Waals surface area contributed by atoms with E-state index in [1.54, 1.807) is 17.0 Å². The summed E-state index contributed by atoms with van der Waals surface area (Å²) in [6.45, 7) is 4.02. The predicted octanol–water partition coefficient (Wildman–Crippen LogP) is 4.54. The number of carbonyl (C=O) groups is 1. The van der Waals surface area contributed by atoms with Gasteiger partial charge in [0.05, 0.1) is 28.2 Å². The summed E-state index contributed by atoms with van der Waals surface area (Å²) in [5.74, 6) is -0.392. The third kappa shape index (κ3) is 3.46. The van der Waals surface area contributed by atoms with E-state index in [1.165, 1.54) is 12.1 Å². The monoisotopic (exact) mass is 414 g/mol. The van der Waals surface area contributed by atoms with Crippen molar-refractivity contribution in [1.82, 2.24) is 0 Å². The molecule has 0 fully saturated rings. The summed E-state index contributed by atoms with van der Waals surface area (Å²) >= 11 is 0. The highest BCUT2D eigenvalue weighted by Gasteiger charge is 2.44. The zero-order valence-corrected chi connectivity index (χ0v) is 17.3. The van der Waals surface area contributed by atoms with Gasteiger partial charge < -0.3 is 5.73 Å². The number of anilines is 1. The Morgan fingerprint density at radius 3 is 2.52 bits per heavy atom. The number of carbonyl (C=O) groups excluding carboxylic acids is 1. The maximum atomic E-state index is 13.4. The van der Waals surface area contributed by atoms with Crippen molar-refractivity contribution in [2.24, 2.45) is 11.1 Å². The molecule has 1 heterocycles. The second-order valence-electron chi connectivity index (χ2n) is 8.67. The topological polar surface area (TPSA) is 113 Å². The van der Waals surface area contributed by atoms with E-state index >= 15 is 0 Å². The molecule has 0 amide bonds. The first-order valence-electron chi connectivity index (χ1n) is 9.99. The highest BCUT2D eigenvalue weighted by atomic mass is 16.6. The minimum Gasteiger partial charge on any atom is -0.384 e. The first kappa shape index (κ1) is 20.4. The average molecular weight is 414 g/mol. The number of nitro benzene ring substituents is 1. The van der Waals surface area contributed by atoms with Crippen LogP contribution in [-0.4, -0.2) is 10.7 Å². The molecule has 7 heteroatoms. The van der Waals surface area contributed by atoms with Crippen molar-refractivity contribution < 1.29 is 9.72 Å². The van der Waals surface area contributed by atoms with Crippen LogP contribution in [0.1, 0.15) is 38.2 Å². The van der Waals surface area contributed by atoms with E-state index in [9.17, 15) is 20.2 Å². The molecule has 0 aromatic heterocycles. The molecule has 31 heavy (non-hydrogen) atoms. The molecule has 0 saturated carbocycles. The normalized spacial score (nSPS) is 20.4. The molecule has 2 aliphatic rings. The van der Waals surface area contributed by atoms with Crippen molar-refractivity contribution in [2.75, 3.05) is 4.90 Å². The highest BCUT2D eigenvalue weighted by molar-refractivity contribution is 6.01. The van der Waals surface area contributed by atoms with Gasteiger partial charge in [0.25, 0.3) is 5.69 Å². The van der Waals surface area contributed by atoms with Crippen molar-refractivity contribution in [2.45, 2.75) is 32.6 Å². The summed E-state index contributed by atoms with van der Waals surface area (Å²) in [6, 6.07) is 17.7. The Hall–Kier alpha value is -3.92. The maximum absolute atomic E-state index is 13.4. The van der Waals surface area contributed by atoms with Crippen LogP contribution in [0.5, 0.6) is 0 Å². The number of nitrogens with two attached hydrogens (primary N) is 1. The summed E-state index contributed by atoms with van der Waals surface area (Å²) in [5, 5.41) is 21.4. The van der Waals surface area contributed by atoms with E-state index in [2.05, 4.69) is 6.07 Å². The van der Waals surface area contributed by atoms with Gasteiger partial charge >= 0.3 is 0 Å². The van der Waals surface area contributed by atoms with Crippen LogP contribution in [0.25, 0.3) is 0 Å².